The number of pyridine rings is 1. The second kappa shape index (κ2) is 7.13. The summed E-state index contributed by atoms with van der Waals surface area (Å²) in [5.41, 5.74) is 0.697. The molecule has 2 rings (SSSR count). The first-order valence-corrected chi connectivity index (χ1v) is 7.60. The molecule has 1 N–H and O–H groups in total. The van der Waals surface area contributed by atoms with Crippen LogP contribution in [0.3, 0.4) is 0 Å². The van der Waals surface area contributed by atoms with Crippen molar-refractivity contribution in [2.45, 2.75) is 39.5 Å². The van der Waals surface area contributed by atoms with E-state index >= 15 is 0 Å². The molecule has 0 atom stereocenters. The van der Waals surface area contributed by atoms with Crippen LogP contribution in [0.15, 0.2) is 30.3 Å². The second-order valence-electron chi connectivity index (χ2n) is 5.21. The third-order valence-corrected chi connectivity index (χ3v) is 3.57. The molecule has 20 heavy (non-hydrogen) atoms. The first-order chi connectivity index (χ1) is 9.76. The number of aromatic nitrogens is 1. The molecular formula is C17H24N2O. The number of para-hydroxylation sites is 1. The highest BCUT2D eigenvalue weighted by Gasteiger charge is 2.09. The molecule has 0 aliphatic carbocycles. The number of nitrogens with zero attached hydrogens (tertiary/aromatic N) is 2. The van der Waals surface area contributed by atoms with Crippen LogP contribution in [-0.2, 0) is 0 Å². The van der Waals surface area contributed by atoms with Crippen molar-refractivity contribution in [2.75, 3.05) is 18.0 Å². The van der Waals surface area contributed by atoms with E-state index in [0.29, 0.717) is 5.52 Å². The summed E-state index contributed by atoms with van der Waals surface area (Å²) >= 11 is 0. The Morgan fingerprint density at radius 2 is 1.70 bits per heavy atom. The fourth-order valence-electron chi connectivity index (χ4n) is 2.34. The monoisotopic (exact) mass is 272 g/mol. The van der Waals surface area contributed by atoms with Crippen molar-refractivity contribution >= 4 is 16.7 Å². The number of hydrogen-bond acceptors (Lipinski definition) is 3. The van der Waals surface area contributed by atoms with Gasteiger partial charge >= 0.3 is 0 Å². The van der Waals surface area contributed by atoms with Crippen LogP contribution in [0.4, 0.5) is 5.82 Å². The fourth-order valence-corrected chi connectivity index (χ4v) is 2.34. The van der Waals surface area contributed by atoms with E-state index in [4.69, 9.17) is 0 Å². The summed E-state index contributed by atoms with van der Waals surface area (Å²) in [5, 5.41) is 10.9. The number of unbranched alkanes of at least 4 members (excludes halogenated alkanes) is 2. The minimum Gasteiger partial charge on any atom is -0.506 e. The summed E-state index contributed by atoms with van der Waals surface area (Å²) in [6.45, 7) is 6.47. The van der Waals surface area contributed by atoms with Crippen molar-refractivity contribution in [1.82, 2.24) is 4.98 Å². The smallest absolute Gasteiger partial charge is 0.141 e. The normalized spacial score (nSPS) is 10.9. The van der Waals surface area contributed by atoms with Crippen LogP contribution < -0.4 is 4.90 Å². The van der Waals surface area contributed by atoms with Crippen molar-refractivity contribution in [2.24, 2.45) is 0 Å². The lowest BCUT2D eigenvalue weighted by atomic mass is 10.2. The molecule has 0 saturated carbocycles. The number of hydrogen-bond donors (Lipinski definition) is 1. The van der Waals surface area contributed by atoms with E-state index in [-0.39, 0.29) is 5.75 Å². The minimum absolute atomic E-state index is 0.260. The number of aromatic hydroxyl groups is 1. The summed E-state index contributed by atoms with van der Waals surface area (Å²) in [7, 11) is 0. The van der Waals surface area contributed by atoms with Gasteiger partial charge in [0.15, 0.2) is 0 Å². The molecule has 0 saturated heterocycles. The second-order valence-corrected chi connectivity index (χ2v) is 5.21. The minimum atomic E-state index is 0.260. The van der Waals surface area contributed by atoms with Gasteiger partial charge in [0.05, 0.1) is 0 Å². The average Bonchev–Trinajstić information content (AvgIpc) is 2.48. The highest BCUT2D eigenvalue weighted by molar-refractivity contribution is 5.85. The van der Waals surface area contributed by atoms with Gasteiger partial charge in [-0.3, -0.25) is 0 Å². The number of fused-ring (bicyclic) bond motifs is 1. The van der Waals surface area contributed by atoms with Gasteiger partial charge in [-0.1, -0.05) is 38.8 Å². The van der Waals surface area contributed by atoms with Gasteiger partial charge in [0.1, 0.15) is 17.1 Å². The Labute approximate surface area is 121 Å². The Kier molecular flexibility index (Phi) is 5.22. The van der Waals surface area contributed by atoms with Gasteiger partial charge in [-0.25, -0.2) is 4.98 Å². The molecule has 3 nitrogen and oxygen atoms in total. The van der Waals surface area contributed by atoms with Gasteiger partial charge in [0, 0.05) is 18.5 Å². The Balaban J connectivity index is 2.29. The summed E-state index contributed by atoms with van der Waals surface area (Å²) < 4.78 is 0. The first kappa shape index (κ1) is 14.6. The van der Waals surface area contributed by atoms with Gasteiger partial charge < -0.3 is 10.0 Å². The number of anilines is 1. The zero-order chi connectivity index (χ0) is 14.4. The third kappa shape index (κ3) is 3.41. The lowest BCUT2D eigenvalue weighted by molar-refractivity contribution is 0.480. The van der Waals surface area contributed by atoms with E-state index < -0.39 is 0 Å². The number of benzene rings is 1. The van der Waals surface area contributed by atoms with Crippen molar-refractivity contribution < 1.29 is 5.11 Å². The molecule has 1 aromatic heterocycles. The molecule has 0 amide bonds. The Hall–Kier alpha value is -1.77. The summed E-state index contributed by atoms with van der Waals surface area (Å²) in [4.78, 5) is 6.99. The quantitative estimate of drug-likeness (QED) is 0.814. The van der Waals surface area contributed by atoms with E-state index in [9.17, 15) is 5.11 Å². The fraction of sp³-hybridized carbons (Fsp3) is 0.471. The first-order valence-electron chi connectivity index (χ1n) is 7.60. The van der Waals surface area contributed by atoms with E-state index in [2.05, 4.69) is 29.8 Å². The molecule has 0 unspecified atom stereocenters. The topological polar surface area (TPSA) is 36.4 Å². The highest BCUT2D eigenvalue weighted by Crippen LogP contribution is 2.25. The Morgan fingerprint density at radius 3 is 2.35 bits per heavy atom. The molecule has 0 radical (unpaired) electrons. The van der Waals surface area contributed by atoms with Gasteiger partial charge in [0.25, 0.3) is 0 Å². The molecule has 0 aliphatic rings. The molecule has 0 bridgehead atoms. The largest absolute Gasteiger partial charge is 0.506 e. The van der Waals surface area contributed by atoms with Gasteiger partial charge in [-0.05, 0) is 31.0 Å². The van der Waals surface area contributed by atoms with Gasteiger partial charge in [-0.15, -0.1) is 0 Å². The van der Waals surface area contributed by atoms with Crippen LogP contribution >= 0.6 is 0 Å². The average molecular weight is 272 g/mol. The van der Waals surface area contributed by atoms with E-state index in [0.717, 1.165) is 24.3 Å². The van der Waals surface area contributed by atoms with Crippen LogP contribution in [0.5, 0.6) is 5.75 Å². The van der Waals surface area contributed by atoms with Gasteiger partial charge in [-0.2, -0.15) is 0 Å². The predicted octanol–water partition coefficient (Wildman–Crippen LogP) is 4.35. The summed E-state index contributed by atoms with van der Waals surface area (Å²) in [6, 6.07) is 9.64. The summed E-state index contributed by atoms with van der Waals surface area (Å²) in [5.74, 6) is 1.23. The van der Waals surface area contributed by atoms with Crippen LogP contribution in [-0.4, -0.2) is 23.2 Å². The standard InChI is InChI=1S/C17H24N2O/c1-3-5-12-19(13-6-4-2)16-11-10-14-8-7-9-15(20)17(14)18-16/h7-11,20H,3-6,12-13H2,1-2H3. The molecule has 3 heteroatoms. The molecule has 1 aromatic carbocycles. The molecule has 0 aliphatic heterocycles. The van der Waals surface area contributed by atoms with Crippen molar-refractivity contribution in [3.63, 3.8) is 0 Å². The van der Waals surface area contributed by atoms with E-state index in [1.54, 1.807) is 6.07 Å². The SMILES string of the molecule is CCCCN(CCCC)c1ccc2cccc(O)c2n1. The Morgan fingerprint density at radius 1 is 1.00 bits per heavy atom. The van der Waals surface area contributed by atoms with Crippen molar-refractivity contribution in [3.05, 3.63) is 30.3 Å². The molecule has 0 spiro atoms. The van der Waals surface area contributed by atoms with Crippen molar-refractivity contribution in [1.29, 1.82) is 0 Å². The maximum atomic E-state index is 9.95. The number of rotatable bonds is 7. The lowest BCUT2D eigenvalue weighted by Crippen LogP contribution is -2.26. The van der Waals surface area contributed by atoms with Crippen LogP contribution in [0.2, 0.25) is 0 Å². The van der Waals surface area contributed by atoms with Crippen LogP contribution in [0.1, 0.15) is 39.5 Å². The summed E-state index contributed by atoms with van der Waals surface area (Å²) in [6.07, 6.45) is 4.71. The molecule has 108 valence electrons. The van der Waals surface area contributed by atoms with Gasteiger partial charge in [0.2, 0.25) is 0 Å². The zero-order valence-electron chi connectivity index (χ0n) is 12.5. The van der Waals surface area contributed by atoms with Crippen LogP contribution in [0.25, 0.3) is 10.9 Å². The molecule has 0 fully saturated rings. The Bertz CT molecular complexity index is 546. The van der Waals surface area contributed by atoms with E-state index in [1.165, 1.54) is 25.7 Å². The molecule has 2 aromatic rings. The maximum Gasteiger partial charge on any atom is 0.141 e. The molecule has 1 heterocycles. The van der Waals surface area contributed by atoms with Crippen molar-refractivity contribution in [3.8, 4) is 5.75 Å². The molecular weight excluding hydrogens is 248 g/mol. The maximum absolute atomic E-state index is 9.95. The van der Waals surface area contributed by atoms with Crippen LogP contribution in [0, 0.1) is 0 Å². The number of phenols is 1. The third-order valence-electron chi connectivity index (χ3n) is 3.57. The predicted molar refractivity (Wildman–Crippen MR) is 85.4 cm³/mol. The highest BCUT2D eigenvalue weighted by atomic mass is 16.3. The zero-order valence-corrected chi connectivity index (χ0v) is 12.5. The lowest BCUT2D eigenvalue weighted by Gasteiger charge is -2.23. The van der Waals surface area contributed by atoms with E-state index in [1.807, 2.05) is 18.2 Å². The number of phenolic OH excluding ortho intramolecular Hbond substituents is 1.